The first kappa shape index (κ1) is 13.2. The lowest BCUT2D eigenvalue weighted by Crippen LogP contribution is -2.23. The Kier molecular flexibility index (Phi) is 3.72. The summed E-state index contributed by atoms with van der Waals surface area (Å²) in [6, 6.07) is 8.91. The summed E-state index contributed by atoms with van der Waals surface area (Å²) in [5, 5.41) is 10.9. The Morgan fingerprint density at radius 1 is 1.30 bits per heavy atom. The van der Waals surface area contributed by atoms with Crippen LogP contribution in [0.3, 0.4) is 0 Å². The molecule has 0 saturated heterocycles. The molecule has 1 aliphatic carbocycles. The molecule has 3 rings (SSSR count). The molecule has 106 valence electrons. The predicted octanol–water partition coefficient (Wildman–Crippen LogP) is 3.77. The van der Waals surface area contributed by atoms with Gasteiger partial charge in [-0.15, -0.1) is 0 Å². The van der Waals surface area contributed by atoms with Crippen LogP contribution in [0.2, 0.25) is 0 Å². The van der Waals surface area contributed by atoms with Crippen LogP contribution in [0, 0.1) is 12.8 Å². The summed E-state index contributed by atoms with van der Waals surface area (Å²) in [5.74, 6) is 2.41. The number of nitrogens with zero attached hydrogens (tertiary/aromatic N) is 2. The number of para-hydroxylation sites is 1. The summed E-state index contributed by atoms with van der Waals surface area (Å²) >= 11 is 0. The van der Waals surface area contributed by atoms with E-state index in [0.29, 0.717) is 6.04 Å². The van der Waals surface area contributed by atoms with E-state index in [1.165, 1.54) is 25.7 Å². The van der Waals surface area contributed by atoms with E-state index in [1.807, 2.05) is 13.0 Å². The van der Waals surface area contributed by atoms with Crippen LogP contribution < -0.4 is 5.32 Å². The van der Waals surface area contributed by atoms with E-state index in [9.17, 15) is 0 Å². The molecule has 1 fully saturated rings. The highest BCUT2D eigenvalue weighted by Crippen LogP contribution is 2.33. The molecule has 4 nitrogen and oxygen atoms in total. The minimum absolute atomic E-state index is 0.584. The lowest BCUT2D eigenvalue weighted by molar-refractivity contribution is 0.489. The zero-order chi connectivity index (χ0) is 13.9. The number of rotatable bonds is 4. The molecule has 0 spiro atoms. The van der Waals surface area contributed by atoms with Crippen molar-refractivity contribution in [1.82, 2.24) is 15.2 Å². The van der Waals surface area contributed by atoms with Gasteiger partial charge in [0.05, 0.1) is 0 Å². The second-order valence-corrected chi connectivity index (χ2v) is 5.64. The molecule has 2 atom stereocenters. The highest BCUT2D eigenvalue weighted by Gasteiger charge is 2.26. The van der Waals surface area contributed by atoms with Gasteiger partial charge in [-0.3, -0.25) is 5.10 Å². The van der Waals surface area contributed by atoms with Crippen molar-refractivity contribution < 1.29 is 0 Å². The van der Waals surface area contributed by atoms with Gasteiger partial charge in [0, 0.05) is 17.3 Å². The molecule has 2 aromatic rings. The average Bonchev–Trinajstić information content (AvgIpc) is 3.08. The zero-order valence-electron chi connectivity index (χ0n) is 12.2. The number of aromatic nitrogens is 3. The Labute approximate surface area is 120 Å². The molecule has 1 aromatic carbocycles. The maximum atomic E-state index is 4.45. The van der Waals surface area contributed by atoms with Crippen molar-refractivity contribution in [2.24, 2.45) is 5.92 Å². The Hall–Kier alpha value is -1.84. The van der Waals surface area contributed by atoms with E-state index < -0.39 is 0 Å². The zero-order valence-corrected chi connectivity index (χ0v) is 12.2. The third kappa shape index (κ3) is 2.55. The molecule has 4 heteroatoms. The monoisotopic (exact) mass is 270 g/mol. The Bertz CT molecular complexity index is 575. The molecule has 1 saturated carbocycles. The fourth-order valence-corrected chi connectivity index (χ4v) is 3.18. The molecule has 1 aliphatic rings. The van der Waals surface area contributed by atoms with Gasteiger partial charge in [0.1, 0.15) is 5.82 Å². The van der Waals surface area contributed by atoms with Gasteiger partial charge < -0.3 is 5.32 Å². The van der Waals surface area contributed by atoms with Gasteiger partial charge in [-0.2, -0.15) is 5.10 Å². The number of benzene rings is 1. The van der Waals surface area contributed by atoms with Crippen molar-refractivity contribution >= 4 is 5.69 Å². The van der Waals surface area contributed by atoms with E-state index in [0.717, 1.165) is 28.8 Å². The molecular weight excluding hydrogens is 248 g/mol. The number of hydrogen-bond acceptors (Lipinski definition) is 3. The number of hydrogen-bond donors (Lipinski definition) is 2. The normalized spacial score (nSPS) is 22.1. The number of nitrogens with one attached hydrogen (secondary N) is 2. The highest BCUT2D eigenvalue weighted by atomic mass is 15.2. The summed E-state index contributed by atoms with van der Waals surface area (Å²) < 4.78 is 0. The summed E-state index contributed by atoms with van der Waals surface area (Å²) in [6.45, 7) is 4.21. The van der Waals surface area contributed by atoms with Crippen LogP contribution in [0.4, 0.5) is 5.69 Å². The van der Waals surface area contributed by atoms with E-state index in [4.69, 9.17) is 0 Å². The standard InChI is InChI=1S/C16H22N4/c1-3-12-7-6-10-14(12)18-15-9-5-4-8-13(15)16-17-11(2)19-20-16/h4-5,8-9,12,14,18H,3,6-7,10H2,1-2H3,(H,17,19,20). The first-order valence-electron chi connectivity index (χ1n) is 7.53. The minimum atomic E-state index is 0.584. The molecule has 0 bridgehead atoms. The van der Waals surface area contributed by atoms with E-state index in [-0.39, 0.29) is 0 Å². The summed E-state index contributed by atoms with van der Waals surface area (Å²) in [6.07, 6.45) is 5.19. The average molecular weight is 270 g/mol. The molecule has 0 amide bonds. The fourth-order valence-electron chi connectivity index (χ4n) is 3.18. The third-order valence-electron chi connectivity index (χ3n) is 4.29. The van der Waals surface area contributed by atoms with Crippen molar-refractivity contribution in [3.8, 4) is 11.4 Å². The first-order chi connectivity index (χ1) is 9.78. The van der Waals surface area contributed by atoms with Gasteiger partial charge in [-0.25, -0.2) is 4.98 Å². The fraction of sp³-hybridized carbons (Fsp3) is 0.500. The maximum absolute atomic E-state index is 4.45. The quantitative estimate of drug-likeness (QED) is 0.889. The predicted molar refractivity (Wildman–Crippen MR) is 81.6 cm³/mol. The highest BCUT2D eigenvalue weighted by molar-refractivity contribution is 5.73. The number of anilines is 1. The molecular formula is C16H22N4. The maximum Gasteiger partial charge on any atom is 0.183 e. The van der Waals surface area contributed by atoms with Crippen molar-refractivity contribution in [3.63, 3.8) is 0 Å². The molecule has 0 radical (unpaired) electrons. The topological polar surface area (TPSA) is 53.6 Å². The summed E-state index contributed by atoms with van der Waals surface area (Å²) in [7, 11) is 0. The van der Waals surface area contributed by atoms with Crippen molar-refractivity contribution in [3.05, 3.63) is 30.1 Å². The van der Waals surface area contributed by atoms with Gasteiger partial charge in [-0.05, 0) is 37.8 Å². The van der Waals surface area contributed by atoms with E-state index in [1.54, 1.807) is 0 Å². The van der Waals surface area contributed by atoms with Gasteiger partial charge in [0.2, 0.25) is 0 Å². The molecule has 0 aliphatic heterocycles. The van der Waals surface area contributed by atoms with Crippen LogP contribution in [-0.4, -0.2) is 21.2 Å². The smallest absolute Gasteiger partial charge is 0.183 e. The van der Waals surface area contributed by atoms with Gasteiger partial charge in [-0.1, -0.05) is 31.9 Å². The first-order valence-corrected chi connectivity index (χ1v) is 7.53. The Balaban J connectivity index is 1.86. The lowest BCUT2D eigenvalue weighted by atomic mass is 10.00. The molecule has 1 aromatic heterocycles. The number of H-pyrrole nitrogens is 1. The lowest BCUT2D eigenvalue weighted by Gasteiger charge is -2.22. The molecule has 2 N–H and O–H groups in total. The minimum Gasteiger partial charge on any atom is -0.381 e. The van der Waals surface area contributed by atoms with Crippen LogP contribution in [0.5, 0.6) is 0 Å². The Morgan fingerprint density at radius 2 is 2.15 bits per heavy atom. The summed E-state index contributed by atoms with van der Waals surface area (Å²) in [4.78, 5) is 4.45. The van der Waals surface area contributed by atoms with Crippen LogP contribution >= 0.6 is 0 Å². The van der Waals surface area contributed by atoms with Crippen LogP contribution in [0.15, 0.2) is 24.3 Å². The van der Waals surface area contributed by atoms with E-state index >= 15 is 0 Å². The SMILES string of the molecule is CCC1CCCC1Nc1ccccc1-c1n[nH]c(C)n1. The molecule has 2 unspecified atom stereocenters. The van der Waals surface area contributed by atoms with Gasteiger partial charge >= 0.3 is 0 Å². The molecule has 1 heterocycles. The summed E-state index contributed by atoms with van der Waals surface area (Å²) in [5.41, 5.74) is 2.23. The Morgan fingerprint density at radius 3 is 2.90 bits per heavy atom. The third-order valence-corrected chi connectivity index (χ3v) is 4.29. The van der Waals surface area contributed by atoms with Gasteiger partial charge in [0.15, 0.2) is 5.82 Å². The number of aryl methyl sites for hydroxylation is 1. The second-order valence-electron chi connectivity index (χ2n) is 5.64. The number of aromatic amines is 1. The van der Waals surface area contributed by atoms with Gasteiger partial charge in [0.25, 0.3) is 0 Å². The second kappa shape index (κ2) is 5.65. The largest absolute Gasteiger partial charge is 0.381 e. The van der Waals surface area contributed by atoms with Crippen molar-refractivity contribution in [2.75, 3.05) is 5.32 Å². The van der Waals surface area contributed by atoms with Crippen LogP contribution in [0.25, 0.3) is 11.4 Å². The van der Waals surface area contributed by atoms with Crippen molar-refractivity contribution in [1.29, 1.82) is 0 Å². The van der Waals surface area contributed by atoms with E-state index in [2.05, 4.69) is 45.6 Å². The van der Waals surface area contributed by atoms with Crippen LogP contribution in [0.1, 0.15) is 38.4 Å². The van der Waals surface area contributed by atoms with Crippen molar-refractivity contribution in [2.45, 2.75) is 45.6 Å². The van der Waals surface area contributed by atoms with Crippen LogP contribution in [-0.2, 0) is 0 Å². The molecule has 20 heavy (non-hydrogen) atoms.